The lowest BCUT2D eigenvalue weighted by molar-refractivity contribution is -0.253. The van der Waals surface area contributed by atoms with Gasteiger partial charge < -0.3 is 29.9 Å². The zero-order valence-corrected chi connectivity index (χ0v) is 31.9. The number of amides is 2. The van der Waals surface area contributed by atoms with Crippen molar-refractivity contribution in [3.8, 4) is 11.1 Å². The van der Waals surface area contributed by atoms with Gasteiger partial charge in [0.25, 0.3) is 0 Å². The monoisotopic (exact) mass is 769 g/mol. The first kappa shape index (κ1) is 40.5. The molecular formula is C44H52ClN3O7. The average Bonchev–Trinajstić information content (AvgIpc) is 3.22. The number of nitrogens with zero attached hydrogens (tertiary/aromatic N) is 1. The molecule has 0 radical (unpaired) electrons. The molecule has 4 aromatic rings. The minimum absolute atomic E-state index is 0.00368. The number of carbonyl (C=O) groups excluding carboxylic acids is 2. The van der Waals surface area contributed by atoms with Crippen LogP contribution in [0.2, 0.25) is 5.02 Å². The van der Waals surface area contributed by atoms with E-state index in [0.29, 0.717) is 50.2 Å². The van der Waals surface area contributed by atoms with Crippen LogP contribution >= 0.6 is 11.6 Å². The van der Waals surface area contributed by atoms with Crippen molar-refractivity contribution in [2.24, 2.45) is 0 Å². The number of likely N-dealkylation sites (tertiary alicyclic amines) is 1. The number of hydrogen-bond donors (Lipinski definition) is 5. The molecule has 2 aliphatic rings. The van der Waals surface area contributed by atoms with Crippen LogP contribution in [0.15, 0.2) is 97.1 Å². The van der Waals surface area contributed by atoms with Crippen molar-refractivity contribution in [2.75, 3.05) is 19.6 Å². The van der Waals surface area contributed by atoms with Gasteiger partial charge in [0, 0.05) is 56.0 Å². The van der Waals surface area contributed by atoms with Gasteiger partial charge in [-0.3, -0.25) is 14.8 Å². The van der Waals surface area contributed by atoms with Gasteiger partial charge in [-0.05, 0) is 77.3 Å². The Kier molecular flexibility index (Phi) is 14.5. The van der Waals surface area contributed by atoms with E-state index in [1.165, 1.54) is 0 Å². The summed E-state index contributed by atoms with van der Waals surface area (Å²) in [6, 6.07) is 31.8. The van der Waals surface area contributed by atoms with E-state index >= 15 is 0 Å². The summed E-state index contributed by atoms with van der Waals surface area (Å²) in [7, 11) is 0. The lowest BCUT2D eigenvalue weighted by Crippen LogP contribution is -2.46. The summed E-state index contributed by atoms with van der Waals surface area (Å²) >= 11 is 6.10. The fraction of sp³-hybridized carbons (Fsp3) is 0.409. The van der Waals surface area contributed by atoms with E-state index in [0.717, 1.165) is 71.3 Å². The maximum atomic E-state index is 12.5. The van der Waals surface area contributed by atoms with E-state index in [-0.39, 0.29) is 37.0 Å². The molecule has 2 amide bonds. The first-order valence-corrected chi connectivity index (χ1v) is 19.7. The topological polar surface area (TPSA) is 141 Å². The van der Waals surface area contributed by atoms with Gasteiger partial charge in [0.05, 0.1) is 24.4 Å². The molecule has 0 saturated carbocycles. The Bertz CT molecular complexity index is 1830. The van der Waals surface area contributed by atoms with E-state index in [2.05, 4.69) is 34.5 Å². The SMILES string of the molecule is O=C(CCCCCCC(=O)NCc1cccc(-c2ccc(C3OC(CN4CCC(O)(c5ccc(Cl)cc5)CC4)CC(c4ccc(CO)cc4)O3)cc2)c1)NO. The molecule has 6 rings (SSSR count). The van der Waals surface area contributed by atoms with Gasteiger partial charge in [-0.2, -0.15) is 0 Å². The van der Waals surface area contributed by atoms with Gasteiger partial charge in [0.15, 0.2) is 6.29 Å². The number of aliphatic hydroxyl groups is 2. The van der Waals surface area contributed by atoms with Gasteiger partial charge in [-0.15, -0.1) is 0 Å². The number of aliphatic hydroxyl groups excluding tert-OH is 1. The fourth-order valence-corrected chi connectivity index (χ4v) is 7.56. The van der Waals surface area contributed by atoms with Crippen molar-refractivity contribution >= 4 is 23.4 Å². The number of hydroxylamine groups is 1. The Morgan fingerprint density at radius 1 is 0.782 bits per heavy atom. The molecule has 0 aliphatic carbocycles. The second-order valence-electron chi connectivity index (χ2n) is 14.7. The quantitative estimate of drug-likeness (QED) is 0.0449. The van der Waals surface area contributed by atoms with E-state index in [4.69, 9.17) is 26.3 Å². The number of unbranched alkanes of at least 4 members (excludes halogenated alkanes) is 3. The molecule has 5 N–H and O–H groups in total. The van der Waals surface area contributed by atoms with Crippen LogP contribution in [0.4, 0.5) is 0 Å². The number of rotatable bonds is 16. The van der Waals surface area contributed by atoms with Crippen LogP contribution in [-0.4, -0.2) is 57.9 Å². The minimum Gasteiger partial charge on any atom is -0.392 e. The molecule has 2 saturated heterocycles. The first-order valence-electron chi connectivity index (χ1n) is 19.3. The minimum atomic E-state index is -0.878. The number of piperidine rings is 1. The van der Waals surface area contributed by atoms with E-state index in [9.17, 15) is 19.8 Å². The molecule has 4 aromatic carbocycles. The highest BCUT2D eigenvalue weighted by atomic mass is 35.5. The van der Waals surface area contributed by atoms with Crippen molar-refractivity contribution in [1.29, 1.82) is 0 Å². The van der Waals surface area contributed by atoms with Crippen LogP contribution in [0.25, 0.3) is 11.1 Å². The highest BCUT2D eigenvalue weighted by molar-refractivity contribution is 6.30. The van der Waals surface area contributed by atoms with Crippen LogP contribution in [0, 0.1) is 0 Å². The molecule has 2 heterocycles. The average molecular weight is 770 g/mol. The summed E-state index contributed by atoms with van der Waals surface area (Å²) in [5.74, 6) is -0.388. The Hall–Kier alpha value is -4.13. The third-order valence-electron chi connectivity index (χ3n) is 10.8. The van der Waals surface area contributed by atoms with Crippen molar-refractivity contribution in [2.45, 2.75) is 95.0 Å². The van der Waals surface area contributed by atoms with Crippen LogP contribution in [0.3, 0.4) is 0 Å². The zero-order chi connectivity index (χ0) is 38.6. The summed E-state index contributed by atoms with van der Waals surface area (Å²) in [5.41, 5.74) is 7.55. The summed E-state index contributed by atoms with van der Waals surface area (Å²) in [4.78, 5) is 25.9. The Balaban J connectivity index is 1.06. The third kappa shape index (κ3) is 11.5. The maximum absolute atomic E-state index is 12.5. The lowest BCUT2D eigenvalue weighted by Gasteiger charge is -2.42. The first-order chi connectivity index (χ1) is 26.7. The van der Waals surface area contributed by atoms with Crippen molar-refractivity contribution in [1.82, 2.24) is 15.7 Å². The molecule has 2 aliphatic heterocycles. The standard InChI is InChI=1S/C44H52ClN3O7/c45-38-20-18-37(19-21-38)44(52)22-24-48(25-23-44)29-39-27-40(34-12-10-31(30-49)11-13-34)55-43(54-39)35-16-14-33(15-17-35)36-7-5-6-32(26-36)28-46-41(50)8-3-1-2-4-9-42(51)47-53/h5-7,10-21,26,39-40,43,49,52-53H,1-4,8-9,22-25,27-30H2,(H,46,50)(H,47,51). The van der Waals surface area contributed by atoms with Crippen LogP contribution in [0.1, 0.15) is 98.0 Å². The van der Waals surface area contributed by atoms with Crippen LogP contribution in [-0.2, 0) is 37.8 Å². The predicted molar refractivity (Wildman–Crippen MR) is 211 cm³/mol. The fourth-order valence-electron chi connectivity index (χ4n) is 7.44. The largest absolute Gasteiger partial charge is 0.392 e. The Morgan fingerprint density at radius 2 is 1.45 bits per heavy atom. The molecule has 0 bridgehead atoms. The molecule has 55 heavy (non-hydrogen) atoms. The molecule has 2 fully saturated rings. The normalized spacial score (nSPS) is 19.8. The van der Waals surface area contributed by atoms with E-state index in [1.54, 1.807) is 5.48 Å². The molecule has 3 unspecified atom stereocenters. The van der Waals surface area contributed by atoms with Gasteiger partial charge >= 0.3 is 0 Å². The van der Waals surface area contributed by atoms with E-state index in [1.807, 2.05) is 72.8 Å². The summed E-state index contributed by atoms with van der Waals surface area (Å²) in [6.45, 7) is 2.62. The highest BCUT2D eigenvalue weighted by Crippen LogP contribution is 2.40. The van der Waals surface area contributed by atoms with Gasteiger partial charge in [-0.1, -0.05) is 103 Å². The van der Waals surface area contributed by atoms with Gasteiger partial charge in [0.2, 0.25) is 11.8 Å². The smallest absolute Gasteiger partial charge is 0.243 e. The van der Waals surface area contributed by atoms with Crippen LogP contribution < -0.4 is 10.8 Å². The molecule has 11 heteroatoms. The lowest BCUT2D eigenvalue weighted by atomic mass is 9.84. The predicted octanol–water partition coefficient (Wildman–Crippen LogP) is 7.49. The zero-order valence-electron chi connectivity index (χ0n) is 31.2. The Morgan fingerprint density at radius 3 is 2.13 bits per heavy atom. The van der Waals surface area contributed by atoms with Crippen molar-refractivity contribution in [3.63, 3.8) is 0 Å². The summed E-state index contributed by atoms with van der Waals surface area (Å²) < 4.78 is 13.3. The summed E-state index contributed by atoms with van der Waals surface area (Å²) in [5, 5.41) is 33.3. The molecule has 0 aromatic heterocycles. The molecule has 3 atom stereocenters. The second-order valence-corrected chi connectivity index (χ2v) is 15.2. The van der Waals surface area contributed by atoms with Crippen LogP contribution in [0.5, 0.6) is 0 Å². The second kappa shape index (κ2) is 19.6. The number of nitrogens with one attached hydrogen (secondary N) is 2. The number of ether oxygens (including phenoxy) is 2. The molecule has 0 spiro atoms. The molecular weight excluding hydrogens is 718 g/mol. The maximum Gasteiger partial charge on any atom is 0.243 e. The number of benzene rings is 4. The number of hydrogen-bond acceptors (Lipinski definition) is 8. The number of halogens is 1. The third-order valence-corrected chi connectivity index (χ3v) is 11.0. The number of carbonyl (C=O) groups is 2. The van der Waals surface area contributed by atoms with Crippen molar-refractivity contribution in [3.05, 3.63) is 130 Å². The Labute approximate surface area is 328 Å². The van der Waals surface area contributed by atoms with E-state index < -0.39 is 11.9 Å². The van der Waals surface area contributed by atoms with Gasteiger partial charge in [-0.25, -0.2) is 5.48 Å². The van der Waals surface area contributed by atoms with Crippen molar-refractivity contribution < 1.29 is 34.5 Å². The summed E-state index contributed by atoms with van der Waals surface area (Å²) in [6.07, 6.45) is 4.88. The molecule has 292 valence electrons. The molecule has 10 nitrogen and oxygen atoms in total. The highest BCUT2D eigenvalue weighted by Gasteiger charge is 2.37. The van der Waals surface area contributed by atoms with Gasteiger partial charge in [0.1, 0.15) is 0 Å².